The number of rotatable bonds is 4. The molecule has 2 aromatic rings. The van der Waals surface area contributed by atoms with Crippen LogP contribution in [-0.4, -0.2) is 11.1 Å². The Hall–Kier alpha value is -1.77. The Labute approximate surface area is 129 Å². The zero-order chi connectivity index (χ0) is 14.5. The summed E-state index contributed by atoms with van der Waals surface area (Å²) in [6, 6.07) is 15.0. The molecule has 0 saturated carbocycles. The van der Waals surface area contributed by atoms with Gasteiger partial charge in [0.1, 0.15) is 6.07 Å². The van der Waals surface area contributed by atoms with Crippen LogP contribution in [0.4, 0.5) is 0 Å². The van der Waals surface area contributed by atoms with Crippen molar-refractivity contribution in [1.82, 2.24) is 0 Å². The van der Waals surface area contributed by atoms with Crippen molar-refractivity contribution in [3.05, 3.63) is 58.1 Å². The lowest BCUT2D eigenvalue weighted by Gasteiger charge is -2.05. The molecule has 1 N–H and O–H groups in total. The van der Waals surface area contributed by atoms with Gasteiger partial charge in [0.15, 0.2) is 0 Å². The second-order valence-electron chi connectivity index (χ2n) is 4.07. The highest BCUT2D eigenvalue weighted by Crippen LogP contribution is 2.31. The van der Waals surface area contributed by atoms with Crippen molar-refractivity contribution in [3.63, 3.8) is 0 Å². The highest BCUT2D eigenvalue weighted by molar-refractivity contribution is 9.10. The average molecular weight is 348 g/mol. The van der Waals surface area contributed by atoms with Crippen molar-refractivity contribution in [2.24, 2.45) is 0 Å². The van der Waals surface area contributed by atoms with E-state index in [-0.39, 0.29) is 6.42 Å². The summed E-state index contributed by atoms with van der Waals surface area (Å²) in [4.78, 5) is 12.5. The van der Waals surface area contributed by atoms with Crippen LogP contribution in [0, 0.1) is 11.3 Å². The molecule has 0 heterocycles. The minimum atomic E-state index is -0.843. The number of hydrogen-bond acceptors (Lipinski definition) is 3. The van der Waals surface area contributed by atoms with E-state index in [1.54, 1.807) is 18.2 Å². The minimum Gasteiger partial charge on any atom is -0.481 e. The molecule has 0 amide bonds. The molecule has 0 aliphatic rings. The van der Waals surface area contributed by atoms with Crippen molar-refractivity contribution >= 4 is 33.7 Å². The first-order valence-electron chi connectivity index (χ1n) is 5.77. The third kappa shape index (κ3) is 3.86. The SMILES string of the molecule is N#Cc1cc(Br)ccc1Sc1ccc(CC(=O)O)cc1. The van der Waals surface area contributed by atoms with Crippen LogP contribution < -0.4 is 0 Å². The Morgan fingerprint density at radius 1 is 1.25 bits per heavy atom. The number of nitrogens with zero attached hydrogens (tertiary/aromatic N) is 1. The maximum atomic E-state index is 10.6. The van der Waals surface area contributed by atoms with Crippen LogP contribution in [0.3, 0.4) is 0 Å². The van der Waals surface area contributed by atoms with Crippen molar-refractivity contribution in [2.75, 3.05) is 0 Å². The van der Waals surface area contributed by atoms with E-state index in [0.29, 0.717) is 5.56 Å². The molecule has 20 heavy (non-hydrogen) atoms. The molecule has 0 spiro atoms. The van der Waals surface area contributed by atoms with Gasteiger partial charge in [-0.1, -0.05) is 39.8 Å². The van der Waals surface area contributed by atoms with E-state index < -0.39 is 5.97 Å². The van der Waals surface area contributed by atoms with E-state index in [0.717, 1.165) is 19.8 Å². The van der Waals surface area contributed by atoms with Crippen LogP contribution in [0.2, 0.25) is 0 Å². The summed E-state index contributed by atoms with van der Waals surface area (Å²) in [5.74, 6) is -0.843. The number of carboxylic acid groups (broad SMARTS) is 1. The van der Waals surface area contributed by atoms with Gasteiger partial charge in [-0.15, -0.1) is 0 Å². The monoisotopic (exact) mass is 347 g/mol. The first kappa shape index (κ1) is 14.6. The highest BCUT2D eigenvalue weighted by atomic mass is 79.9. The highest BCUT2D eigenvalue weighted by Gasteiger charge is 2.06. The number of nitriles is 1. The number of hydrogen-bond donors (Lipinski definition) is 1. The number of aliphatic carboxylic acids is 1. The summed E-state index contributed by atoms with van der Waals surface area (Å²) < 4.78 is 0.871. The Balaban J connectivity index is 2.18. The summed E-state index contributed by atoms with van der Waals surface area (Å²) in [5.41, 5.74) is 1.37. The van der Waals surface area contributed by atoms with Crippen LogP contribution in [0.5, 0.6) is 0 Å². The molecule has 0 aromatic heterocycles. The lowest BCUT2D eigenvalue weighted by atomic mass is 10.2. The molecular weight excluding hydrogens is 338 g/mol. The molecule has 2 aromatic carbocycles. The largest absolute Gasteiger partial charge is 0.481 e. The standard InChI is InChI=1S/C15H10BrNO2S/c16-12-3-6-14(11(8-12)9-17)20-13-4-1-10(2-5-13)7-15(18)19/h1-6,8H,7H2,(H,18,19). The molecular formula is C15H10BrNO2S. The molecule has 0 saturated heterocycles. The predicted molar refractivity (Wildman–Crippen MR) is 80.8 cm³/mol. The van der Waals surface area contributed by atoms with Gasteiger partial charge < -0.3 is 5.11 Å². The van der Waals surface area contributed by atoms with Crippen LogP contribution in [0.25, 0.3) is 0 Å². The average Bonchev–Trinajstić information content (AvgIpc) is 2.42. The number of carboxylic acids is 1. The van der Waals surface area contributed by atoms with E-state index in [2.05, 4.69) is 22.0 Å². The van der Waals surface area contributed by atoms with E-state index in [4.69, 9.17) is 10.4 Å². The molecule has 0 bridgehead atoms. The zero-order valence-electron chi connectivity index (χ0n) is 10.3. The number of halogens is 1. The van der Waals surface area contributed by atoms with Crippen LogP contribution in [-0.2, 0) is 11.2 Å². The molecule has 3 nitrogen and oxygen atoms in total. The van der Waals surface area contributed by atoms with Gasteiger partial charge in [0.25, 0.3) is 0 Å². The van der Waals surface area contributed by atoms with Gasteiger partial charge in [0.2, 0.25) is 0 Å². The van der Waals surface area contributed by atoms with Crippen LogP contribution in [0.1, 0.15) is 11.1 Å². The zero-order valence-corrected chi connectivity index (χ0v) is 12.7. The molecule has 0 fully saturated rings. The van der Waals surface area contributed by atoms with E-state index in [1.165, 1.54) is 11.8 Å². The fraction of sp³-hybridized carbons (Fsp3) is 0.0667. The summed E-state index contributed by atoms with van der Waals surface area (Å²) in [6.45, 7) is 0. The Morgan fingerprint density at radius 2 is 1.95 bits per heavy atom. The molecule has 0 unspecified atom stereocenters. The minimum absolute atomic E-state index is 0.0205. The van der Waals surface area contributed by atoms with Gasteiger partial charge in [-0.2, -0.15) is 5.26 Å². The van der Waals surface area contributed by atoms with Crippen molar-refractivity contribution < 1.29 is 9.90 Å². The summed E-state index contributed by atoms with van der Waals surface area (Å²) in [6.07, 6.45) is 0.0205. The summed E-state index contributed by atoms with van der Waals surface area (Å²) in [5, 5.41) is 17.8. The first-order valence-corrected chi connectivity index (χ1v) is 7.37. The number of benzene rings is 2. The molecule has 0 radical (unpaired) electrons. The fourth-order valence-corrected chi connectivity index (χ4v) is 2.89. The Kier molecular flexibility index (Phi) is 4.83. The van der Waals surface area contributed by atoms with Crippen molar-refractivity contribution in [3.8, 4) is 6.07 Å². The van der Waals surface area contributed by atoms with Gasteiger partial charge in [-0.25, -0.2) is 0 Å². The lowest BCUT2D eigenvalue weighted by molar-refractivity contribution is -0.136. The van der Waals surface area contributed by atoms with Crippen molar-refractivity contribution in [1.29, 1.82) is 5.26 Å². The normalized spacial score (nSPS) is 10.0. The van der Waals surface area contributed by atoms with Crippen molar-refractivity contribution in [2.45, 2.75) is 16.2 Å². The molecule has 0 atom stereocenters. The van der Waals surface area contributed by atoms with Crippen LogP contribution in [0.15, 0.2) is 56.7 Å². The maximum Gasteiger partial charge on any atom is 0.307 e. The van der Waals surface area contributed by atoms with Gasteiger partial charge >= 0.3 is 5.97 Å². The molecule has 0 aliphatic carbocycles. The third-order valence-corrected chi connectivity index (χ3v) is 4.15. The van der Waals surface area contributed by atoms with Gasteiger partial charge in [0.05, 0.1) is 12.0 Å². The van der Waals surface area contributed by atoms with Gasteiger partial charge in [-0.3, -0.25) is 4.79 Å². The van der Waals surface area contributed by atoms with E-state index in [9.17, 15) is 4.79 Å². The van der Waals surface area contributed by atoms with Gasteiger partial charge in [0, 0.05) is 14.3 Å². The summed E-state index contributed by atoms with van der Waals surface area (Å²) in [7, 11) is 0. The Morgan fingerprint density at radius 3 is 2.55 bits per heavy atom. The lowest BCUT2D eigenvalue weighted by Crippen LogP contribution is -1.99. The number of carbonyl (C=O) groups is 1. The second kappa shape index (κ2) is 6.60. The smallest absolute Gasteiger partial charge is 0.307 e. The molecule has 5 heteroatoms. The molecule has 0 aliphatic heterocycles. The van der Waals surface area contributed by atoms with E-state index >= 15 is 0 Å². The molecule has 2 rings (SSSR count). The summed E-state index contributed by atoms with van der Waals surface area (Å²) >= 11 is 4.82. The Bertz CT molecular complexity index is 677. The third-order valence-electron chi connectivity index (χ3n) is 2.57. The first-order chi connectivity index (χ1) is 9.58. The van der Waals surface area contributed by atoms with E-state index in [1.807, 2.05) is 24.3 Å². The fourth-order valence-electron chi connectivity index (χ4n) is 1.66. The second-order valence-corrected chi connectivity index (χ2v) is 6.10. The topological polar surface area (TPSA) is 61.1 Å². The maximum absolute atomic E-state index is 10.6. The quantitative estimate of drug-likeness (QED) is 0.904. The molecule has 100 valence electrons. The predicted octanol–water partition coefficient (Wildman–Crippen LogP) is 4.10. The van der Waals surface area contributed by atoms with Crippen LogP contribution >= 0.6 is 27.7 Å². The van der Waals surface area contributed by atoms with Gasteiger partial charge in [-0.05, 0) is 35.9 Å².